The van der Waals surface area contributed by atoms with Crippen molar-refractivity contribution in [2.45, 2.75) is 24.1 Å². The zero-order valence-corrected chi connectivity index (χ0v) is 15.4. The second-order valence-electron chi connectivity index (χ2n) is 6.82. The summed E-state index contributed by atoms with van der Waals surface area (Å²) in [5.41, 5.74) is 0.942. The lowest BCUT2D eigenvalue weighted by atomic mass is 10.0. The summed E-state index contributed by atoms with van der Waals surface area (Å²) in [5.74, 6) is -2.49. The molecular weight excluding hydrogens is 399 g/mol. The van der Waals surface area contributed by atoms with Crippen LogP contribution in [0.15, 0.2) is 67.0 Å². The monoisotopic (exact) mass is 415 g/mol. The first kappa shape index (κ1) is 19.8. The number of ether oxygens (including phenoxy) is 1. The van der Waals surface area contributed by atoms with Gasteiger partial charge in [0.15, 0.2) is 11.6 Å². The lowest BCUT2D eigenvalue weighted by molar-refractivity contribution is -0.136. The van der Waals surface area contributed by atoms with E-state index < -0.39 is 30.0 Å². The number of amides is 1. The zero-order valence-electron chi connectivity index (χ0n) is 15.4. The minimum absolute atomic E-state index is 0.161. The summed E-state index contributed by atoms with van der Waals surface area (Å²) >= 11 is 0. The van der Waals surface area contributed by atoms with Crippen LogP contribution in [0.2, 0.25) is 0 Å². The Labute approximate surface area is 169 Å². The lowest BCUT2D eigenvalue weighted by Crippen LogP contribution is -2.33. The van der Waals surface area contributed by atoms with Crippen LogP contribution in [0.1, 0.15) is 23.0 Å². The van der Waals surface area contributed by atoms with E-state index >= 15 is 4.39 Å². The van der Waals surface area contributed by atoms with Gasteiger partial charge in [-0.05, 0) is 11.1 Å². The molecule has 0 saturated heterocycles. The fourth-order valence-electron chi connectivity index (χ4n) is 3.72. The predicted molar refractivity (Wildman–Crippen MR) is 99.8 cm³/mol. The molecule has 1 amide bonds. The van der Waals surface area contributed by atoms with Crippen LogP contribution in [-0.2, 0) is 4.79 Å². The predicted octanol–water partition coefficient (Wildman–Crippen LogP) is 3.84. The smallest absolute Gasteiger partial charge is 0.387 e. The number of nitrogens with zero attached hydrogens (tertiary/aromatic N) is 2. The van der Waals surface area contributed by atoms with Gasteiger partial charge in [-0.3, -0.25) is 10.0 Å². The molecule has 1 heterocycles. The van der Waals surface area contributed by atoms with Crippen LogP contribution < -0.4 is 10.2 Å². The quantitative estimate of drug-likeness (QED) is 0.472. The molecule has 154 valence electrons. The molecule has 1 saturated carbocycles. The van der Waals surface area contributed by atoms with E-state index in [4.69, 9.17) is 5.21 Å². The van der Waals surface area contributed by atoms with E-state index in [1.165, 1.54) is 5.48 Å². The number of aromatic nitrogens is 2. The van der Waals surface area contributed by atoms with E-state index in [9.17, 15) is 13.6 Å². The summed E-state index contributed by atoms with van der Waals surface area (Å²) in [6.07, 6.45) is 2.26. The molecule has 3 atom stereocenters. The first-order valence-electron chi connectivity index (χ1n) is 9.00. The van der Waals surface area contributed by atoms with Gasteiger partial charge in [-0.1, -0.05) is 54.6 Å². The average molecular weight is 415 g/mol. The maximum atomic E-state index is 15.5. The van der Waals surface area contributed by atoms with Gasteiger partial charge in [0.2, 0.25) is 5.67 Å². The fourth-order valence-corrected chi connectivity index (χ4v) is 3.72. The molecule has 3 aromatic rings. The van der Waals surface area contributed by atoms with Crippen molar-refractivity contribution in [2.24, 2.45) is 0 Å². The molecule has 0 aliphatic heterocycles. The second kappa shape index (κ2) is 7.75. The van der Waals surface area contributed by atoms with Crippen LogP contribution in [0.5, 0.6) is 5.75 Å². The van der Waals surface area contributed by atoms with Crippen molar-refractivity contribution >= 4 is 5.91 Å². The minimum atomic E-state index is -2.97. The number of hydroxylamine groups is 1. The number of benzene rings is 2. The molecule has 0 radical (unpaired) electrons. The Morgan fingerprint density at radius 2 is 1.57 bits per heavy atom. The van der Waals surface area contributed by atoms with Crippen molar-refractivity contribution < 1.29 is 27.9 Å². The molecule has 1 aliphatic rings. The topological polar surface area (TPSA) is 84.3 Å². The van der Waals surface area contributed by atoms with E-state index in [2.05, 4.69) is 14.7 Å². The second-order valence-corrected chi connectivity index (χ2v) is 6.82. The molecule has 0 bridgehead atoms. The van der Waals surface area contributed by atoms with E-state index in [1.807, 2.05) is 0 Å². The van der Waals surface area contributed by atoms with Crippen molar-refractivity contribution in [3.8, 4) is 17.1 Å². The number of rotatable bonds is 6. The molecule has 30 heavy (non-hydrogen) atoms. The van der Waals surface area contributed by atoms with Gasteiger partial charge in [0.25, 0.3) is 5.91 Å². The van der Waals surface area contributed by atoms with E-state index in [0.717, 1.165) is 12.4 Å². The first-order chi connectivity index (χ1) is 14.4. The van der Waals surface area contributed by atoms with Gasteiger partial charge in [0, 0.05) is 17.4 Å². The fraction of sp³-hybridized carbons (Fsp3) is 0.190. The average Bonchev–Trinajstić information content (AvgIpc) is 3.41. The van der Waals surface area contributed by atoms with Crippen LogP contribution in [0.4, 0.5) is 13.2 Å². The number of alkyl halides is 3. The van der Waals surface area contributed by atoms with Crippen molar-refractivity contribution in [1.29, 1.82) is 0 Å². The van der Waals surface area contributed by atoms with Crippen LogP contribution >= 0.6 is 0 Å². The number of hydrogen-bond donors (Lipinski definition) is 2. The molecule has 2 aromatic carbocycles. The highest BCUT2D eigenvalue weighted by atomic mass is 19.3. The van der Waals surface area contributed by atoms with E-state index in [-0.39, 0.29) is 11.6 Å². The molecule has 1 aliphatic carbocycles. The van der Waals surface area contributed by atoms with Gasteiger partial charge in [0.05, 0.1) is 12.4 Å². The summed E-state index contributed by atoms with van der Waals surface area (Å²) in [6, 6.07) is 15.4. The van der Waals surface area contributed by atoms with E-state index in [0.29, 0.717) is 16.7 Å². The van der Waals surface area contributed by atoms with Gasteiger partial charge in [-0.25, -0.2) is 19.8 Å². The highest BCUT2D eigenvalue weighted by Gasteiger charge is 2.72. The maximum Gasteiger partial charge on any atom is 0.387 e. The molecule has 1 unspecified atom stereocenters. The molecule has 4 rings (SSSR count). The number of halogens is 3. The van der Waals surface area contributed by atoms with Crippen molar-refractivity contribution in [2.75, 3.05) is 0 Å². The number of nitrogens with one attached hydrogen (secondary N) is 1. The van der Waals surface area contributed by atoms with Crippen LogP contribution in [0, 0.1) is 0 Å². The van der Waals surface area contributed by atoms with Gasteiger partial charge in [-0.2, -0.15) is 8.78 Å². The third-order valence-electron chi connectivity index (χ3n) is 5.12. The third-order valence-corrected chi connectivity index (χ3v) is 5.12. The Hall–Kier alpha value is -3.46. The summed E-state index contributed by atoms with van der Waals surface area (Å²) < 4.78 is 44.1. The number of carbonyl (C=O) groups is 1. The highest BCUT2D eigenvalue weighted by Crippen LogP contribution is 2.66. The summed E-state index contributed by atoms with van der Waals surface area (Å²) in [5, 5.41) is 9.00. The number of hydrogen-bond acceptors (Lipinski definition) is 5. The normalized spacial score (nSPS) is 22.6. The van der Waals surface area contributed by atoms with Gasteiger partial charge >= 0.3 is 6.61 Å². The molecule has 0 spiro atoms. The van der Waals surface area contributed by atoms with Crippen molar-refractivity contribution in [1.82, 2.24) is 15.4 Å². The molecule has 1 fully saturated rings. The largest absolute Gasteiger partial charge is 0.432 e. The Kier molecular flexibility index (Phi) is 5.13. The van der Waals surface area contributed by atoms with Gasteiger partial charge in [-0.15, -0.1) is 0 Å². The molecule has 1 aromatic heterocycles. The Morgan fingerprint density at radius 1 is 1.00 bits per heavy atom. The van der Waals surface area contributed by atoms with Crippen LogP contribution in [-0.4, -0.2) is 33.4 Å². The first-order valence-corrected chi connectivity index (χ1v) is 9.00. The summed E-state index contributed by atoms with van der Waals surface area (Å²) in [7, 11) is 0. The third kappa shape index (κ3) is 3.48. The molecular formula is C21H16F3N3O3. The Balaban J connectivity index is 1.59. The Morgan fingerprint density at radius 3 is 2.10 bits per heavy atom. The van der Waals surface area contributed by atoms with Crippen LogP contribution in [0.3, 0.4) is 0 Å². The lowest BCUT2D eigenvalue weighted by Gasteiger charge is -2.07. The summed E-state index contributed by atoms with van der Waals surface area (Å²) in [4.78, 5) is 20.0. The molecule has 2 N–H and O–H groups in total. The van der Waals surface area contributed by atoms with E-state index in [1.54, 1.807) is 54.6 Å². The standard InChI is InChI=1S/C21H16F3N3O3/c22-20(23)30-15-10-25-18(26-11-15)14-8-6-13(7-9-14)17-16(12-4-2-1-3-5-12)21(17,24)19(28)27-29/h1-11,16-17,20,29H,(H,27,28)/t16?,17-,21+/m1/s1. The highest BCUT2D eigenvalue weighted by molar-refractivity contribution is 5.92. The Bertz CT molecular complexity index is 1030. The summed E-state index contributed by atoms with van der Waals surface area (Å²) in [6.45, 7) is -2.97. The molecule has 9 heteroatoms. The SMILES string of the molecule is O=C(NO)[C@]1(F)C(c2ccccc2)[C@H]1c1ccc(-c2ncc(OC(F)F)cn2)cc1. The molecule has 6 nitrogen and oxygen atoms in total. The zero-order chi connectivity index (χ0) is 21.3. The van der Waals surface area contributed by atoms with Crippen LogP contribution in [0.25, 0.3) is 11.4 Å². The minimum Gasteiger partial charge on any atom is -0.432 e. The van der Waals surface area contributed by atoms with Gasteiger partial charge in [0.1, 0.15) is 0 Å². The maximum absolute atomic E-state index is 15.5. The van der Waals surface area contributed by atoms with Crippen molar-refractivity contribution in [3.05, 3.63) is 78.1 Å². The van der Waals surface area contributed by atoms with Gasteiger partial charge < -0.3 is 4.74 Å². The van der Waals surface area contributed by atoms with Crippen molar-refractivity contribution in [3.63, 3.8) is 0 Å². The number of carbonyl (C=O) groups excluding carboxylic acids is 1.